The van der Waals surface area contributed by atoms with Crippen LogP contribution in [0.25, 0.3) is 215 Å². The first-order chi connectivity index (χ1) is 51.0. The zero-order chi connectivity index (χ0) is 67.5. The van der Waals surface area contributed by atoms with Gasteiger partial charge in [-0.2, -0.15) is 0 Å². The first-order valence-corrected chi connectivity index (χ1v) is 34.9. The smallest absolute Gasteiger partial charge is 0.180 e. The first kappa shape index (κ1) is 57.3. The number of nitrogens with zero attached hydrogens (tertiary/aromatic N) is 7. The topological polar surface area (TPSA) is 107 Å². The van der Waals surface area contributed by atoms with Crippen molar-refractivity contribution in [2.24, 2.45) is 0 Å². The number of rotatable bonds is 5. The van der Waals surface area contributed by atoms with Crippen LogP contribution in [0.1, 0.15) is 0 Å². The molecule has 24 aromatic rings. The molecule has 0 spiro atoms. The summed E-state index contributed by atoms with van der Waals surface area (Å²) in [5, 5.41) is 18.2. The minimum absolute atomic E-state index is 0.652. The average Bonchev–Trinajstić information content (AvgIpc) is 1.52. The fourth-order valence-electron chi connectivity index (χ4n) is 16.4. The van der Waals surface area contributed by atoms with Crippen molar-refractivity contribution in [2.75, 3.05) is 0 Å². The predicted octanol–water partition coefficient (Wildman–Crippen LogP) is 24.8. The van der Waals surface area contributed by atoms with Crippen molar-refractivity contribution in [3.63, 3.8) is 0 Å². The van der Waals surface area contributed by atoms with E-state index < -0.39 is 0 Å². The van der Waals surface area contributed by atoms with Crippen LogP contribution in [0.15, 0.2) is 324 Å². The Balaban J connectivity index is 0.000000108. The first-order valence-electron chi connectivity index (χ1n) is 34.5. The number of benzene rings is 14. The molecule has 0 bridgehead atoms. The Morgan fingerprint density at radius 2 is 0.680 bits per heavy atom. The number of halogens is 1. The zero-order valence-corrected chi connectivity index (χ0v) is 55.6. The summed E-state index contributed by atoms with van der Waals surface area (Å²) >= 11 is 6.03. The maximum atomic E-state index is 6.35. The van der Waals surface area contributed by atoms with Crippen molar-refractivity contribution in [2.45, 2.75) is 0 Å². The fourth-order valence-corrected chi connectivity index (χ4v) is 16.6. The van der Waals surface area contributed by atoms with E-state index in [1.54, 1.807) is 0 Å². The Hall–Kier alpha value is -13.7. The third-order valence-corrected chi connectivity index (χ3v) is 21.1. The molecule has 24 rings (SSSR count). The van der Waals surface area contributed by atoms with Gasteiger partial charge in [-0.05, 0) is 121 Å². The average molecular weight is 1340 g/mol. The van der Waals surface area contributed by atoms with Gasteiger partial charge in [0.15, 0.2) is 22.8 Å². The van der Waals surface area contributed by atoms with Gasteiger partial charge in [0.1, 0.15) is 33.6 Å². The van der Waals surface area contributed by atoms with Crippen LogP contribution in [-0.2, 0) is 0 Å². The summed E-state index contributed by atoms with van der Waals surface area (Å²) in [5.41, 5.74) is 23.7. The highest BCUT2D eigenvalue weighted by Crippen LogP contribution is 2.49. The van der Waals surface area contributed by atoms with Gasteiger partial charge in [0.2, 0.25) is 0 Å². The number of nitrogens with one attached hydrogen (secondary N) is 1. The number of furan rings is 2. The molecule has 0 radical (unpaired) electrons. The zero-order valence-electron chi connectivity index (χ0n) is 54.8. The normalized spacial score (nSPS) is 12.1. The Morgan fingerprint density at radius 3 is 1.21 bits per heavy atom. The van der Waals surface area contributed by atoms with Gasteiger partial charge in [-0.15, -0.1) is 0 Å². The SMILES string of the molecule is Clc1ccc(-c2nc(-c3ccccc3)c3oc4ccccc4c3n2)cc1.c1ccc(-c2nc(-c3ccc(-n4c5ccccc5c5cc6c7ccccc7n7c8ccccc8c(c54)c67)cc3)nc3c2oc2ccccc23)cc1.c1ccc2c(c1)[nH]c1c2cc2c3ccccc3n3c4ccccc4c1c23. The third-order valence-electron chi connectivity index (χ3n) is 20.9. The molecule has 11 heteroatoms. The van der Waals surface area contributed by atoms with Gasteiger partial charge in [-0.1, -0.05) is 206 Å². The van der Waals surface area contributed by atoms with E-state index in [9.17, 15) is 0 Å². The Morgan fingerprint density at radius 1 is 0.291 bits per heavy atom. The highest BCUT2D eigenvalue weighted by molar-refractivity contribution is 6.36. The molecule has 10 aromatic heterocycles. The Bertz CT molecular complexity index is 7550. The van der Waals surface area contributed by atoms with Crippen molar-refractivity contribution < 1.29 is 8.83 Å². The molecular weight excluding hydrogens is 1280 g/mol. The molecule has 0 fully saturated rings. The minimum atomic E-state index is 0.652. The van der Waals surface area contributed by atoms with Crippen LogP contribution in [0, 0.1) is 0 Å². The second kappa shape index (κ2) is 22.2. The van der Waals surface area contributed by atoms with Crippen LogP contribution in [-0.4, -0.2) is 38.3 Å². The van der Waals surface area contributed by atoms with E-state index in [0.29, 0.717) is 27.8 Å². The minimum Gasteiger partial charge on any atom is -0.452 e. The van der Waals surface area contributed by atoms with E-state index in [4.69, 9.17) is 40.4 Å². The number of fused-ring (bicyclic) bond motifs is 26. The number of hydrogen-bond donors (Lipinski definition) is 1. The van der Waals surface area contributed by atoms with E-state index in [-0.39, 0.29) is 0 Å². The third kappa shape index (κ3) is 8.50. The monoisotopic (exact) mass is 1340 g/mol. The molecule has 14 aromatic carbocycles. The van der Waals surface area contributed by atoms with Crippen LogP contribution in [0.2, 0.25) is 5.02 Å². The Kier molecular flexibility index (Phi) is 12.3. The molecule has 1 N–H and O–H groups in total. The van der Waals surface area contributed by atoms with Crippen LogP contribution in [0.4, 0.5) is 0 Å². The lowest BCUT2D eigenvalue weighted by Gasteiger charge is -2.11. The van der Waals surface area contributed by atoms with Gasteiger partial charge in [-0.3, -0.25) is 0 Å². The molecule has 0 saturated carbocycles. The standard InChI is InChI=1S/C46H26N4O.C24H14N2.C22H13ClN2O/c1-2-12-27(13-3-1)41-45-42(33-17-7-11-21-39(33)51-45)48-46(47-41)28-22-24-29(25-23-28)49-36-18-8-4-14-30(36)34-26-35-31-15-5-9-19-37(31)50-38-20-10-6-16-32(38)40(43(34)49)44(35)50;1-4-10-19-14(7-1)17-13-18-15-8-2-5-11-20(15)26-21-12-6-3-9-16(21)22(24(18)26)23(17)25-19;23-16-12-10-15(11-13-16)22-24-19(14-6-2-1-3-7-14)21-20(25-22)17-8-4-5-9-18(17)26-21/h1-26H;1-13,25H;1-13H. The molecule has 0 saturated heterocycles. The molecule has 480 valence electrons. The molecule has 0 aliphatic heterocycles. The van der Waals surface area contributed by atoms with E-state index in [2.05, 4.69) is 219 Å². The van der Waals surface area contributed by atoms with E-state index in [1.807, 2.05) is 115 Å². The lowest BCUT2D eigenvalue weighted by molar-refractivity contribution is 0.667. The quantitative estimate of drug-likeness (QED) is 0.184. The van der Waals surface area contributed by atoms with E-state index in [0.717, 1.165) is 72.3 Å². The molecule has 10 heterocycles. The van der Waals surface area contributed by atoms with Gasteiger partial charge in [0, 0.05) is 114 Å². The van der Waals surface area contributed by atoms with Crippen LogP contribution in [0.3, 0.4) is 0 Å². The summed E-state index contributed by atoms with van der Waals surface area (Å²) in [6.07, 6.45) is 0. The van der Waals surface area contributed by atoms with Gasteiger partial charge >= 0.3 is 0 Å². The molecular formula is C92H53ClN8O2. The predicted molar refractivity (Wildman–Crippen MR) is 425 cm³/mol. The number of hydrogen-bond acceptors (Lipinski definition) is 6. The van der Waals surface area contributed by atoms with Crippen molar-refractivity contribution in [3.8, 4) is 51.0 Å². The maximum Gasteiger partial charge on any atom is 0.180 e. The molecule has 103 heavy (non-hydrogen) atoms. The molecule has 0 unspecified atom stereocenters. The fraction of sp³-hybridized carbons (Fsp3) is 0. The Labute approximate surface area is 590 Å². The molecule has 0 atom stereocenters. The van der Waals surface area contributed by atoms with Crippen molar-refractivity contribution in [1.82, 2.24) is 38.3 Å². The lowest BCUT2D eigenvalue weighted by Crippen LogP contribution is -1.96. The number of para-hydroxylation sites is 8. The second-order valence-corrected chi connectivity index (χ2v) is 26.9. The van der Waals surface area contributed by atoms with Crippen LogP contribution >= 0.6 is 11.6 Å². The molecule has 0 aliphatic carbocycles. The van der Waals surface area contributed by atoms with Gasteiger partial charge in [0.25, 0.3) is 0 Å². The summed E-state index contributed by atoms with van der Waals surface area (Å²) < 4.78 is 19.8. The van der Waals surface area contributed by atoms with Crippen molar-refractivity contribution in [3.05, 3.63) is 320 Å². The second-order valence-electron chi connectivity index (χ2n) is 26.5. The number of H-pyrrole nitrogens is 1. The summed E-state index contributed by atoms with van der Waals surface area (Å²) in [4.78, 5) is 23.6. The van der Waals surface area contributed by atoms with Crippen molar-refractivity contribution in [1.29, 1.82) is 0 Å². The van der Waals surface area contributed by atoms with Gasteiger partial charge < -0.3 is 27.2 Å². The maximum absolute atomic E-state index is 6.35. The van der Waals surface area contributed by atoms with E-state index >= 15 is 0 Å². The molecule has 0 aliphatic rings. The van der Waals surface area contributed by atoms with Crippen LogP contribution in [0.5, 0.6) is 0 Å². The lowest BCUT2D eigenvalue weighted by atomic mass is 10.0. The highest BCUT2D eigenvalue weighted by atomic mass is 35.5. The number of aromatic nitrogens is 8. The summed E-state index contributed by atoms with van der Waals surface area (Å²) in [6.45, 7) is 0. The van der Waals surface area contributed by atoms with Crippen molar-refractivity contribution >= 4 is 176 Å². The summed E-state index contributed by atoms with van der Waals surface area (Å²) in [6, 6.07) is 110. The molecule has 10 nitrogen and oxygen atoms in total. The van der Waals surface area contributed by atoms with Gasteiger partial charge in [-0.25, -0.2) is 19.9 Å². The summed E-state index contributed by atoms with van der Waals surface area (Å²) in [7, 11) is 0. The van der Waals surface area contributed by atoms with E-state index in [1.165, 1.54) is 120 Å². The summed E-state index contributed by atoms with van der Waals surface area (Å²) in [5.74, 6) is 1.32. The highest BCUT2D eigenvalue weighted by Gasteiger charge is 2.27. The van der Waals surface area contributed by atoms with Gasteiger partial charge in [0.05, 0.1) is 49.7 Å². The number of aromatic amines is 1. The largest absolute Gasteiger partial charge is 0.452 e. The van der Waals surface area contributed by atoms with Crippen LogP contribution < -0.4 is 0 Å². The molecule has 0 amide bonds.